The van der Waals surface area contributed by atoms with E-state index in [1.165, 1.54) is 29.4 Å². The van der Waals surface area contributed by atoms with E-state index in [9.17, 15) is 13.2 Å². The molecule has 2 aromatic carbocycles. The van der Waals surface area contributed by atoms with E-state index < -0.39 is 16.0 Å². The molecule has 1 N–H and O–H groups in total. The number of piperazine rings is 1. The number of anilines is 1. The number of nitrogens with zero attached hydrogens (tertiary/aromatic N) is 2. The average Bonchev–Trinajstić information content (AvgIpc) is 2.68. The summed E-state index contributed by atoms with van der Waals surface area (Å²) in [6.45, 7) is 3.33. The van der Waals surface area contributed by atoms with Gasteiger partial charge in [0, 0.05) is 42.5 Å². The van der Waals surface area contributed by atoms with E-state index >= 15 is 0 Å². The lowest BCUT2D eigenvalue weighted by atomic mass is 10.1. The highest BCUT2D eigenvalue weighted by atomic mass is 35.5. The van der Waals surface area contributed by atoms with Gasteiger partial charge in [-0.2, -0.15) is 4.31 Å². The topological polar surface area (TPSA) is 77.9 Å². The van der Waals surface area contributed by atoms with Gasteiger partial charge in [0.1, 0.15) is 0 Å². The molecule has 2 aromatic rings. The van der Waals surface area contributed by atoms with Crippen molar-refractivity contribution in [1.29, 1.82) is 0 Å². The van der Waals surface area contributed by atoms with Gasteiger partial charge in [0.15, 0.2) is 0 Å². The minimum Gasteiger partial charge on any atom is -0.478 e. The highest BCUT2D eigenvalue weighted by Gasteiger charge is 2.28. The fraction of sp³-hybridized carbons (Fsp3) is 0.250. The molecule has 0 aliphatic carbocycles. The maximum absolute atomic E-state index is 13.0. The van der Waals surface area contributed by atoms with Crippen molar-refractivity contribution in [2.75, 3.05) is 31.1 Å². The monoisotopic (exact) mass is 420 g/mol. The number of hydrogen-bond donors (Lipinski definition) is 1. The summed E-state index contributed by atoms with van der Waals surface area (Å²) < 4.78 is 27.5. The van der Waals surface area contributed by atoms with Gasteiger partial charge in [0.05, 0.1) is 4.90 Å². The van der Waals surface area contributed by atoms with Crippen LogP contribution in [-0.4, -0.2) is 50.0 Å². The van der Waals surface area contributed by atoms with Crippen LogP contribution in [0.2, 0.25) is 5.02 Å². The number of carboxylic acid groups (broad SMARTS) is 1. The Bertz CT molecular complexity index is 1010. The van der Waals surface area contributed by atoms with E-state index in [-0.39, 0.29) is 10.5 Å². The maximum Gasteiger partial charge on any atom is 0.331 e. The number of halogens is 1. The second-order valence-electron chi connectivity index (χ2n) is 6.58. The second-order valence-corrected chi connectivity index (χ2v) is 8.95. The van der Waals surface area contributed by atoms with Crippen molar-refractivity contribution in [3.05, 3.63) is 64.7 Å². The lowest BCUT2D eigenvalue weighted by molar-refractivity contribution is -0.132. The molecule has 0 spiro atoms. The third-order valence-corrected chi connectivity index (χ3v) is 6.76. The normalized spacial score (nSPS) is 16.2. The summed E-state index contributed by atoms with van der Waals surface area (Å²) in [4.78, 5) is 13.3. The van der Waals surface area contributed by atoms with Crippen molar-refractivity contribution in [3.8, 4) is 0 Å². The molecule has 0 unspecified atom stereocenters. The predicted molar refractivity (Wildman–Crippen MR) is 110 cm³/mol. The Morgan fingerprint density at radius 2 is 1.75 bits per heavy atom. The molecule has 0 aromatic heterocycles. The molecule has 1 aliphatic heterocycles. The van der Waals surface area contributed by atoms with Gasteiger partial charge in [0.2, 0.25) is 10.0 Å². The molecule has 6 nitrogen and oxygen atoms in total. The van der Waals surface area contributed by atoms with Gasteiger partial charge in [-0.1, -0.05) is 29.8 Å². The fourth-order valence-electron chi connectivity index (χ4n) is 3.09. The van der Waals surface area contributed by atoms with Gasteiger partial charge in [-0.15, -0.1) is 0 Å². The molecule has 148 valence electrons. The first-order chi connectivity index (χ1) is 13.3. The first-order valence-electron chi connectivity index (χ1n) is 8.80. The van der Waals surface area contributed by atoms with Crippen LogP contribution < -0.4 is 4.90 Å². The van der Waals surface area contributed by atoms with Crippen LogP contribution in [0.15, 0.2) is 59.0 Å². The molecule has 0 amide bonds. The molecule has 0 atom stereocenters. The van der Waals surface area contributed by atoms with Crippen LogP contribution in [-0.2, 0) is 14.8 Å². The third kappa shape index (κ3) is 4.55. The van der Waals surface area contributed by atoms with E-state index in [4.69, 9.17) is 16.7 Å². The van der Waals surface area contributed by atoms with Gasteiger partial charge >= 0.3 is 5.97 Å². The van der Waals surface area contributed by atoms with Crippen LogP contribution in [0.3, 0.4) is 0 Å². The second kappa shape index (κ2) is 8.34. The minimum absolute atomic E-state index is 0.143. The number of rotatable bonds is 5. The summed E-state index contributed by atoms with van der Waals surface area (Å²) >= 11 is 6.04. The zero-order valence-electron chi connectivity index (χ0n) is 15.4. The molecular formula is C20H21ClN2O4S. The van der Waals surface area contributed by atoms with Crippen molar-refractivity contribution in [2.45, 2.75) is 11.8 Å². The largest absolute Gasteiger partial charge is 0.478 e. The molecule has 28 heavy (non-hydrogen) atoms. The molecule has 0 bridgehead atoms. The van der Waals surface area contributed by atoms with Gasteiger partial charge in [-0.25, -0.2) is 13.2 Å². The Labute approximate surface area is 169 Å². The maximum atomic E-state index is 13.0. The van der Waals surface area contributed by atoms with Crippen LogP contribution in [0.1, 0.15) is 12.5 Å². The third-order valence-electron chi connectivity index (χ3n) is 4.63. The summed E-state index contributed by atoms with van der Waals surface area (Å²) in [6.07, 6.45) is 1.46. The van der Waals surface area contributed by atoms with Gasteiger partial charge in [-0.05, 0) is 48.9 Å². The van der Waals surface area contributed by atoms with E-state index in [1.807, 2.05) is 18.2 Å². The quantitative estimate of drug-likeness (QED) is 0.750. The lowest BCUT2D eigenvalue weighted by Crippen LogP contribution is -2.48. The van der Waals surface area contributed by atoms with Crippen LogP contribution in [0.4, 0.5) is 5.69 Å². The van der Waals surface area contributed by atoms with Crippen LogP contribution >= 0.6 is 11.6 Å². The number of carbonyl (C=O) groups is 1. The highest BCUT2D eigenvalue weighted by molar-refractivity contribution is 7.89. The van der Waals surface area contributed by atoms with E-state index in [1.54, 1.807) is 18.2 Å². The van der Waals surface area contributed by atoms with Crippen molar-refractivity contribution in [3.63, 3.8) is 0 Å². The highest BCUT2D eigenvalue weighted by Crippen LogP contribution is 2.24. The minimum atomic E-state index is -3.65. The summed E-state index contributed by atoms with van der Waals surface area (Å²) in [6, 6.07) is 13.8. The van der Waals surface area contributed by atoms with E-state index in [0.717, 1.165) is 5.69 Å². The number of benzene rings is 2. The number of carboxylic acids is 1. The van der Waals surface area contributed by atoms with Gasteiger partial charge in [0.25, 0.3) is 0 Å². The lowest BCUT2D eigenvalue weighted by Gasteiger charge is -2.35. The van der Waals surface area contributed by atoms with Gasteiger partial charge < -0.3 is 10.0 Å². The summed E-state index contributed by atoms with van der Waals surface area (Å²) in [7, 11) is -3.65. The Kier molecular flexibility index (Phi) is 6.07. The molecule has 8 heteroatoms. The number of sulfonamides is 1. The zero-order valence-corrected chi connectivity index (χ0v) is 16.9. The summed E-state index contributed by atoms with van der Waals surface area (Å²) in [5, 5.41) is 9.65. The standard InChI is InChI=1S/C20H21ClN2O4S/c1-15(20(24)25)12-16-4-2-7-19(13-16)28(26,27)23-10-8-22(9-11-23)18-6-3-5-17(21)14-18/h2-7,12-14H,8-11H2,1H3,(H,24,25). The molecular weight excluding hydrogens is 400 g/mol. The molecule has 3 rings (SSSR count). The molecule has 1 fully saturated rings. The number of hydrogen-bond acceptors (Lipinski definition) is 4. The fourth-order valence-corrected chi connectivity index (χ4v) is 4.75. The Morgan fingerprint density at radius 1 is 1.07 bits per heavy atom. The summed E-state index contributed by atoms with van der Waals surface area (Å²) in [5.41, 5.74) is 1.66. The first-order valence-corrected chi connectivity index (χ1v) is 10.6. The smallest absolute Gasteiger partial charge is 0.331 e. The Hall–Kier alpha value is -2.35. The van der Waals surface area contributed by atoms with Crippen molar-refractivity contribution in [1.82, 2.24) is 4.31 Å². The van der Waals surface area contributed by atoms with Gasteiger partial charge in [-0.3, -0.25) is 0 Å². The van der Waals surface area contributed by atoms with Crippen LogP contribution in [0, 0.1) is 0 Å². The van der Waals surface area contributed by atoms with E-state index in [2.05, 4.69) is 4.90 Å². The van der Waals surface area contributed by atoms with Crippen LogP contribution in [0.5, 0.6) is 0 Å². The molecule has 0 saturated carbocycles. The zero-order chi connectivity index (χ0) is 20.3. The first kappa shape index (κ1) is 20.4. The van der Waals surface area contributed by atoms with Crippen LogP contribution in [0.25, 0.3) is 6.08 Å². The molecule has 0 radical (unpaired) electrons. The average molecular weight is 421 g/mol. The van der Waals surface area contributed by atoms with Crippen molar-refractivity contribution >= 4 is 39.4 Å². The number of aliphatic carboxylic acids is 1. The molecule has 1 heterocycles. The Balaban J connectivity index is 1.76. The van der Waals surface area contributed by atoms with Crippen molar-refractivity contribution < 1.29 is 18.3 Å². The Morgan fingerprint density at radius 3 is 2.39 bits per heavy atom. The molecule has 1 saturated heterocycles. The SMILES string of the molecule is CC(=Cc1cccc(S(=O)(=O)N2CCN(c3cccc(Cl)c3)CC2)c1)C(=O)O. The molecule has 1 aliphatic rings. The van der Waals surface area contributed by atoms with E-state index in [0.29, 0.717) is 36.8 Å². The van der Waals surface area contributed by atoms with Crippen molar-refractivity contribution in [2.24, 2.45) is 0 Å². The predicted octanol–water partition coefficient (Wildman–Crippen LogP) is 3.34. The summed E-state index contributed by atoms with van der Waals surface area (Å²) in [5.74, 6) is -1.04.